The number of carbonyl (C=O) groups is 3. The maximum atomic E-state index is 11.2. The van der Waals surface area contributed by atoms with E-state index in [4.69, 9.17) is 5.11 Å². The Labute approximate surface area is 102 Å². The van der Waals surface area contributed by atoms with Crippen LogP contribution in [-0.4, -0.2) is 42.3 Å². The summed E-state index contributed by atoms with van der Waals surface area (Å²) in [5, 5.41) is 7.00. The lowest BCUT2D eigenvalue weighted by atomic mass is 10.2. The maximum Gasteiger partial charge on any atom is 0.252 e. The number of allylic oxidation sites excluding steroid dienone is 1. The summed E-state index contributed by atoms with van der Waals surface area (Å²) in [6.45, 7) is 2.15. The molecular formula is C12H21NO4. The van der Waals surface area contributed by atoms with Gasteiger partial charge < -0.3 is 9.90 Å². The highest BCUT2D eigenvalue weighted by molar-refractivity contribution is 5.94. The SMILES string of the molecule is C/C=C\C(=O)N(C=O)CCCCCC=O.CO. The molecule has 5 nitrogen and oxygen atoms in total. The van der Waals surface area contributed by atoms with Gasteiger partial charge in [0.25, 0.3) is 5.91 Å². The van der Waals surface area contributed by atoms with Gasteiger partial charge in [0.05, 0.1) is 0 Å². The summed E-state index contributed by atoms with van der Waals surface area (Å²) in [6.07, 6.45) is 7.34. The molecule has 0 saturated carbocycles. The first-order chi connectivity index (χ1) is 8.26. The van der Waals surface area contributed by atoms with Crippen molar-refractivity contribution in [3.8, 4) is 0 Å². The lowest BCUT2D eigenvalue weighted by Gasteiger charge is -2.12. The van der Waals surface area contributed by atoms with Gasteiger partial charge in [-0.25, -0.2) is 0 Å². The van der Waals surface area contributed by atoms with E-state index in [9.17, 15) is 14.4 Å². The van der Waals surface area contributed by atoms with Crippen LogP contribution in [0.2, 0.25) is 0 Å². The van der Waals surface area contributed by atoms with Crippen LogP contribution >= 0.6 is 0 Å². The third kappa shape index (κ3) is 10.8. The summed E-state index contributed by atoms with van der Waals surface area (Å²) in [6, 6.07) is 0. The van der Waals surface area contributed by atoms with Crippen molar-refractivity contribution < 1.29 is 19.5 Å². The van der Waals surface area contributed by atoms with E-state index in [0.29, 0.717) is 19.4 Å². The first-order valence-electron chi connectivity index (χ1n) is 5.53. The van der Waals surface area contributed by atoms with Gasteiger partial charge in [-0.2, -0.15) is 0 Å². The predicted molar refractivity (Wildman–Crippen MR) is 65.3 cm³/mol. The summed E-state index contributed by atoms with van der Waals surface area (Å²) < 4.78 is 0. The van der Waals surface area contributed by atoms with Crippen molar-refractivity contribution in [3.05, 3.63) is 12.2 Å². The van der Waals surface area contributed by atoms with Crippen molar-refractivity contribution in [2.45, 2.75) is 32.6 Å². The number of unbranched alkanes of at least 4 members (excludes halogenated alkanes) is 3. The zero-order valence-electron chi connectivity index (χ0n) is 10.5. The first-order valence-corrected chi connectivity index (χ1v) is 5.53. The fourth-order valence-corrected chi connectivity index (χ4v) is 1.14. The number of aliphatic hydroxyl groups excluding tert-OH is 1. The predicted octanol–water partition coefficient (Wildman–Crippen LogP) is 0.915. The topological polar surface area (TPSA) is 74.7 Å². The van der Waals surface area contributed by atoms with Gasteiger partial charge >= 0.3 is 0 Å². The van der Waals surface area contributed by atoms with E-state index >= 15 is 0 Å². The Morgan fingerprint density at radius 1 is 1.18 bits per heavy atom. The third-order valence-corrected chi connectivity index (χ3v) is 1.94. The molecule has 1 N–H and O–H groups in total. The minimum Gasteiger partial charge on any atom is -0.400 e. The molecular weight excluding hydrogens is 222 g/mol. The summed E-state index contributed by atoms with van der Waals surface area (Å²) in [4.78, 5) is 33.0. The van der Waals surface area contributed by atoms with Gasteiger partial charge in [0, 0.05) is 20.1 Å². The fourth-order valence-electron chi connectivity index (χ4n) is 1.14. The molecule has 0 aromatic heterocycles. The van der Waals surface area contributed by atoms with Gasteiger partial charge in [-0.15, -0.1) is 0 Å². The average Bonchev–Trinajstić information content (AvgIpc) is 2.36. The molecule has 0 unspecified atom stereocenters. The van der Waals surface area contributed by atoms with Crippen molar-refractivity contribution in [2.75, 3.05) is 13.7 Å². The molecule has 98 valence electrons. The lowest BCUT2D eigenvalue weighted by Crippen LogP contribution is -2.28. The minimum absolute atomic E-state index is 0.289. The third-order valence-electron chi connectivity index (χ3n) is 1.94. The number of hydrogen-bond acceptors (Lipinski definition) is 4. The average molecular weight is 243 g/mol. The van der Waals surface area contributed by atoms with Crippen LogP contribution in [-0.2, 0) is 14.4 Å². The van der Waals surface area contributed by atoms with Crippen molar-refractivity contribution in [1.82, 2.24) is 4.90 Å². The summed E-state index contributed by atoms with van der Waals surface area (Å²) in [7, 11) is 1.00. The summed E-state index contributed by atoms with van der Waals surface area (Å²) in [5.41, 5.74) is 0. The van der Waals surface area contributed by atoms with Crippen molar-refractivity contribution >= 4 is 18.6 Å². The Balaban J connectivity index is 0. The van der Waals surface area contributed by atoms with E-state index in [2.05, 4.69) is 0 Å². The Bertz CT molecular complexity index is 239. The molecule has 5 heteroatoms. The van der Waals surface area contributed by atoms with Gasteiger partial charge in [0.1, 0.15) is 6.29 Å². The number of hydrogen-bond donors (Lipinski definition) is 1. The van der Waals surface area contributed by atoms with Crippen LogP contribution in [0.15, 0.2) is 12.2 Å². The molecule has 0 aromatic rings. The van der Waals surface area contributed by atoms with E-state index in [1.54, 1.807) is 13.0 Å². The van der Waals surface area contributed by atoms with Crippen LogP contribution in [0.4, 0.5) is 0 Å². The second-order valence-electron chi connectivity index (χ2n) is 3.15. The van der Waals surface area contributed by atoms with E-state index in [0.717, 1.165) is 37.6 Å². The fraction of sp³-hybridized carbons (Fsp3) is 0.583. The number of carbonyl (C=O) groups excluding carboxylic acids is 3. The van der Waals surface area contributed by atoms with Crippen molar-refractivity contribution in [2.24, 2.45) is 0 Å². The van der Waals surface area contributed by atoms with E-state index < -0.39 is 0 Å². The van der Waals surface area contributed by atoms with Gasteiger partial charge in [-0.05, 0) is 25.8 Å². The molecule has 0 saturated heterocycles. The molecule has 0 aliphatic rings. The van der Waals surface area contributed by atoms with Crippen molar-refractivity contribution in [3.63, 3.8) is 0 Å². The van der Waals surface area contributed by atoms with Gasteiger partial charge in [0.2, 0.25) is 6.41 Å². The van der Waals surface area contributed by atoms with E-state index in [1.807, 2.05) is 0 Å². The Kier molecular flexibility index (Phi) is 15.3. The standard InChI is InChI=1S/C11H17NO3.CH4O/c1-2-7-11(15)12(10-14)8-5-3-4-6-9-13;1-2/h2,7,9-10H,3-6,8H2,1H3;2H,1H3/b7-2-;. The highest BCUT2D eigenvalue weighted by Gasteiger charge is 2.07. The van der Waals surface area contributed by atoms with Crippen LogP contribution in [0.25, 0.3) is 0 Å². The Morgan fingerprint density at radius 2 is 1.82 bits per heavy atom. The normalized spacial score (nSPS) is 9.35. The number of aliphatic hydroxyl groups is 1. The second-order valence-corrected chi connectivity index (χ2v) is 3.15. The molecule has 2 amide bonds. The first kappa shape index (κ1) is 17.9. The van der Waals surface area contributed by atoms with Gasteiger partial charge in [0.15, 0.2) is 0 Å². The zero-order valence-corrected chi connectivity index (χ0v) is 10.5. The molecule has 0 heterocycles. The summed E-state index contributed by atoms with van der Waals surface area (Å²) >= 11 is 0. The van der Waals surface area contributed by atoms with E-state index in [-0.39, 0.29) is 5.91 Å². The summed E-state index contributed by atoms with van der Waals surface area (Å²) in [5.74, 6) is -0.289. The van der Waals surface area contributed by atoms with Gasteiger partial charge in [-0.1, -0.05) is 12.5 Å². The largest absolute Gasteiger partial charge is 0.400 e. The quantitative estimate of drug-likeness (QED) is 0.391. The maximum absolute atomic E-state index is 11.2. The zero-order chi connectivity index (χ0) is 13.5. The second kappa shape index (κ2) is 14.5. The monoisotopic (exact) mass is 243 g/mol. The van der Waals surface area contributed by atoms with Gasteiger partial charge in [-0.3, -0.25) is 14.5 Å². The smallest absolute Gasteiger partial charge is 0.252 e. The molecule has 0 fully saturated rings. The van der Waals surface area contributed by atoms with E-state index in [1.165, 1.54) is 6.08 Å². The lowest BCUT2D eigenvalue weighted by molar-refractivity contribution is -0.134. The Morgan fingerprint density at radius 3 is 2.29 bits per heavy atom. The highest BCUT2D eigenvalue weighted by atomic mass is 16.2. The molecule has 0 spiro atoms. The molecule has 0 aliphatic carbocycles. The number of aldehydes is 1. The number of imide groups is 1. The molecule has 0 bridgehead atoms. The minimum atomic E-state index is -0.289. The molecule has 0 aliphatic heterocycles. The molecule has 0 radical (unpaired) electrons. The molecule has 0 aromatic carbocycles. The highest BCUT2D eigenvalue weighted by Crippen LogP contribution is 2.00. The number of nitrogens with zero attached hydrogens (tertiary/aromatic N) is 1. The number of rotatable bonds is 8. The van der Waals surface area contributed by atoms with Crippen LogP contribution in [0.3, 0.4) is 0 Å². The van der Waals surface area contributed by atoms with Crippen LogP contribution in [0.1, 0.15) is 32.6 Å². The molecule has 0 rings (SSSR count). The van der Waals surface area contributed by atoms with Crippen LogP contribution in [0.5, 0.6) is 0 Å². The number of amides is 2. The molecule has 0 atom stereocenters. The van der Waals surface area contributed by atoms with Crippen LogP contribution in [0, 0.1) is 0 Å². The molecule has 17 heavy (non-hydrogen) atoms. The van der Waals surface area contributed by atoms with Crippen LogP contribution < -0.4 is 0 Å². The van der Waals surface area contributed by atoms with Crippen molar-refractivity contribution in [1.29, 1.82) is 0 Å². The Hall–Kier alpha value is -1.49.